The van der Waals surface area contributed by atoms with Gasteiger partial charge in [-0.1, -0.05) is 28.8 Å². The first kappa shape index (κ1) is 15.5. The SMILES string of the molecule is O=C(NC1CCOc2ccc(Br)cc21)[C@@]12CCCC[C@H]1CNC2. The number of nitrogens with one attached hydrogen (secondary N) is 2. The minimum absolute atomic E-state index is 0.0568. The molecule has 3 atom stereocenters. The molecule has 2 heterocycles. The summed E-state index contributed by atoms with van der Waals surface area (Å²) in [6, 6.07) is 6.10. The highest BCUT2D eigenvalue weighted by Crippen LogP contribution is 2.45. The van der Waals surface area contributed by atoms with Gasteiger partial charge in [-0.25, -0.2) is 0 Å². The van der Waals surface area contributed by atoms with E-state index in [2.05, 4.69) is 32.6 Å². The molecule has 1 amide bonds. The molecule has 124 valence electrons. The summed E-state index contributed by atoms with van der Waals surface area (Å²) in [5, 5.41) is 6.81. The zero-order valence-corrected chi connectivity index (χ0v) is 14.8. The van der Waals surface area contributed by atoms with Crippen LogP contribution in [0.5, 0.6) is 5.75 Å². The van der Waals surface area contributed by atoms with Crippen molar-refractivity contribution in [2.75, 3.05) is 19.7 Å². The van der Waals surface area contributed by atoms with Gasteiger partial charge in [-0.3, -0.25) is 4.79 Å². The second-order valence-corrected chi connectivity index (χ2v) is 7.99. The summed E-state index contributed by atoms with van der Waals surface area (Å²) in [7, 11) is 0. The van der Waals surface area contributed by atoms with Crippen molar-refractivity contribution < 1.29 is 9.53 Å². The van der Waals surface area contributed by atoms with E-state index in [1.54, 1.807) is 0 Å². The van der Waals surface area contributed by atoms with E-state index >= 15 is 0 Å². The second-order valence-electron chi connectivity index (χ2n) is 7.08. The van der Waals surface area contributed by atoms with Gasteiger partial charge in [0.25, 0.3) is 0 Å². The number of hydrogen-bond donors (Lipinski definition) is 2. The lowest BCUT2D eigenvalue weighted by Crippen LogP contribution is -2.49. The third kappa shape index (κ3) is 2.68. The topological polar surface area (TPSA) is 50.4 Å². The van der Waals surface area contributed by atoms with Crippen LogP contribution in [0.1, 0.15) is 43.7 Å². The van der Waals surface area contributed by atoms with E-state index in [4.69, 9.17) is 4.74 Å². The highest BCUT2D eigenvalue weighted by Gasteiger charge is 2.50. The summed E-state index contributed by atoms with van der Waals surface area (Å²) in [6.07, 6.45) is 5.46. The number of carbonyl (C=O) groups is 1. The maximum Gasteiger partial charge on any atom is 0.228 e. The van der Waals surface area contributed by atoms with Crippen molar-refractivity contribution in [2.45, 2.75) is 38.1 Å². The van der Waals surface area contributed by atoms with E-state index in [-0.39, 0.29) is 17.4 Å². The van der Waals surface area contributed by atoms with Gasteiger partial charge in [-0.15, -0.1) is 0 Å². The number of fused-ring (bicyclic) bond motifs is 2. The lowest BCUT2D eigenvalue weighted by molar-refractivity contribution is -0.135. The predicted molar refractivity (Wildman–Crippen MR) is 92.4 cm³/mol. The number of amides is 1. The Morgan fingerprint density at radius 3 is 3.17 bits per heavy atom. The molecule has 2 N–H and O–H groups in total. The van der Waals surface area contributed by atoms with Gasteiger partial charge in [0, 0.05) is 23.0 Å². The molecular formula is C18H23BrN2O2. The zero-order chi connectivity index (χ0) is 15.9. The normalized spacial score (nSPS) is 32.6. The molecule has 5 heteroatoms. The van der Waals surface area contributed by atoms with Crippen LogP contribution in [0.25, 0.3) is 0 Å². The minimum Gasteiger partial charge on any atom is -0.493 e. The average molecular weight is 379 g/mol. The van der Waals surface area contributed by atoms with Crippen molar-refractivity contribution in [1.29, 1.82) is 0 Å². The van der Waals surface area contributed by atoms with Crippen molar-refractivity contribution in [1.82, 2.24) is 10.6 Å². The first-order chi connectivity index (χ1) is 11.2. The van der Waals surface area contributed by atoms with Crippen LogP contribution in [0, 0.1) is 11.3 Å². The largest absolute Gasteiger partial charge is 0.493 e. The Kier molecular flexibility index (Phi) is 4.10. The van der Waals surface area contributed by atoms with Gasteiger partial charge in [0.2, 0.25) is 5.91 Å². The third-order valence-electron chi connectivity index (χ3n) is 5.81. The highest BCUT2D eigenvalue weighted by atomic mass is 79.9. The molecule has 2 aliphatic heterocycles. The van der Waals surface area contributed by atoms with E-state index < -0.39 is 0 Å². The van der Waals surface area contributed by atoms with Crippen LogP contribution in [-0.2, 0) is 4.79 Å². The number of hydrogen-bond acceptors (Lipinski definition) is 3. The number of rotatable bonds is 2. The summed E-state index contributed by atoms with van der Waals surface area (Å²) < 4.78 is 6.76. The lowest BCUT2D eigenvalue weighted by Gasteiger charge is -2.39. The van der Waals surface area contributed by atoms with Gasteiger partial charge in [-0.2, -0.15) is 0 Å². The molecule has 0 bridgehead atoms. The first-order valence-electron chi connectivity index (χ1n) is 8.63. The van der Waals surface area contributed by atoms with Crippen molar-refractivity contribution in [3.63, 3.8) is 0 Å². The molecule has 1 saturated heterocycles. The summed E-state index contributed by atoms with van der Waals surface area (Å²) in [5.74, 6) is 1.63. The third-order valence-corrected chi connectivity index (χ3v) is 6.30. The molecule has 1 saturated carbocycles. The van der Waals surface area contributed by atoms with Crippen LogP contribution in [0.3, 0.4) is 0 Å². The van der Waals surface area contributed by atoms with E-state index in [9.17, 15) is 4.79 Å². The smallest absolute Gasteiger partial charge is 0.228 e. The fourth-order valence-corrected chi connectivity index (χ4v) is 4.89. The van der Waals surface area contributed by atoms with Crippen molar-refractivity contribution >= 4 is 21.8 Å². The number of carbonyl (C=O) groups excluding carboxylic acids is 1. The van der Waals surface area contributed by atoms with Crippen molar-refractivity contribution in [2.24, 2.45) is 11.3 Å². The maximum absolute atomic E-state index is 13.2. The van der Waals surface area contributed by atoms with Gasteiger partial charge < -0.3 is 15.4 Å². The summed E-state index contributed by atoms with van der Waals surface area (Å²) in [4.78, 5) is 13.2. The Morgan fingerprint density at radius 2 is 2.26 bits per heavy atom. The Morgan fingerprint density at radius 1 is 1.35 bits per heavy atom. The molecule has 3 aliphatic rings. The van der Waals surface area contributed by atoms with Crippen molar-refractivity contribution in [3.05, 3.63) is 28.2 Å². The average Bonchev–Trinajstić information content (AvgIpc) is 3.00. The van der Waals surface area contributed by atoms with Crippen LogP contribution in [0.15, 0.2) is 22.7 Å². The molecule has 4 nitrogen and oxygen atoms in total. The van der Waals surface area contributed by atoms with Gasteiger partial charge >= 0.3 is 0 Å². The first-order valence-corrected chi connectivity index (χ1v) is 9.42. The van der Waals surface area contributed by atoms with Crippen LogP contribution < -0.4 is 15.4 Å². The van der Waals surface area contributed by atoms with E-state index in [1.165, 1.54) is 19.3 Å². The Balaban J connectivity index is 1.57. The van der Waals surface area contributed by atoms with Gasteiger partial charge in [0.15, 0.2) is 0 Å². The summed E-state index contributed by atoms with van der Waals surface area (Å²) in [6.45, 7) is 2.48. The number of ether oxygens (including phenoxy) is 1. The molecule has 1 unspecified atom stereocenters. The molecule has 4 rings (SSSR count). The zero-order valence-electron chi connectivity index (χ0n) is 13.2. The van der Waals surface area contributed by atoms with Crippen LogP contribution in [0.4, 0.5) is 0 Å². The highest BCUT2D eigenvalue weighted by molar-refractivity contribution is 9.10. The Bertz CT molecular complexity index is 621. The lowest BCUT2D eigenvalue weighted by atomic mass is 9.67. The van der Waals surface area contributed by atoms with E-state index in [1.807, 2.05) is 12.1 Å². The van der Waals surface area contributed by atoms with Crippen molar-refractivity contribution in [3.8, 4) is 5.75 Å². The maximum atomic E-state index is 13.2. The molecule has 1 aliphatic carbocycles. The minimum atomic E-state index is -0.192. The van der Waals surface area contributed by atoms with Gasteiger partial charge in [0.1, 0.15) is 5.75 Å². The molecular weight excluding hydrogens is 356 g/mol. The van der Waals surface area contributed by atoms with Gasteiger partial charge in [-0.05, 0) is 43.5 Å². The number of halogens is 1. The molecule has 0 spiro atoms. The number of benzene rings is 1. The van der Waals surface area contributed by atoms with Crippen LogP contribution in [0.2, 0.25) is 0 Å². The predicted octanol–water partition coefficient (Wildman–Crippen LogP) is 3.17. The van der Waals surface area contributed by atoms with E-state index in [0.29, 0.717) is 12.5 Å². The Labute approximate surface area is 145 Å². The summed E-state index contributed by atoms with van der Waals surface area (Å²) in [5.41, 5.74) is 0.900. The second kappa shape index (κ2) is 6.10. The fourth-order valence-electron chi connectivity index (χ4n) is 4.51. The molecule has 23 heavy (non-hydrogen) atoms. The molecule has 0 aromatic heterocycles. The van der Waals surface area contributed by atoms with Crippen LogP contribution >= 0.6 is 15.9 Å². The quantitative estimate of drug-likeness (QED) is 0.830. The monoisotopic (exact) mass is 378 g/mol. The fraction of sp³-hybridized carbons (Fsp3) is 0.611. The molecule has 1 aromatic carbocycles. The molecule has 0 radical (unpaired) electrons. The molecule has 2 fully saturated rings. The van der Waals surface area contributed by atoms with Gasteiger partial charge in [0.05, 0.1) is 18.1 Å². The Hall–Kier alpha value is -1.07. The van der Waals surface area contributed by atoms with Crippen LogP contribution in [-0.4, -0.2) is 25.6 Å². The van der Waals surface area contributed by atoms with E-state index in [0.717, 1.165) is 41.7 Å². The standard InChI is InChI=1S/C18H23BrN2O2/c19-13-4-5-16-14(9-13)15(6-8-23-16)21-17(22)18-7-2-1-3-12(18)10-20-11-18/h4-5,9,12,15,20H,1-3,6-8,10-11H2,(H,21,22)/t12-,15?,18+/m0/s1. The molecule has 1 aromatic rings. The summed E-state index contributed by atoms with van der Waals surface area (Å²) >= 11 is 3.53.